The number of hydrogen-bond acceptors (Lipinski definition) is 0. The summed E-state index contributed by atoms with van der Waals surface area (Å²) in [6.45, 7) is 0. The van der Waals surface area contributed by atoms with Gasteiger partial charge in [-0.05, 0) is 0 Å². The van der Waals surface area contributed by atoms with Crippen molar-refractivity contribution < 1.29 is 52.3 Å². The van der Waals surface area contributed by atoms with Gasteiger partial charge in [-0.15, -0.1) is 0 Å². The van der Waals surface area contributed by atoms with Crippen LogP contribution in [0.2, 0.25) is 0 Å². The van der Waals surface area contributed by atoms with Crippen molar-refractivity contribution >= 4 is 154 Å². The van der Waals surface area contributed by atoms with Crippen LogP contribution in [0.15, 0.2) is 0 Å². The van der Waals surface area contributed by atoms with Gasteiger partial charge in [0, 0.05) is 174 Å². The molecule has 0 spiro atoms. The van der Waals surface area contributed by atoms with Crippen molar-refractivity contribution in [3.8, 4) is 0 Å². The van der Waals surface area contributed by atoms with Gasteiger partial charge in [0.05, 0.1) is 0 Å². The first kappa shape index (κ1) is 112. The van der Waals surface area contributed by atoms with E-state index in [0.29, 0.717) is 0 Å². The third-order valence-electron chi connectivity index (χ3n) is 0. The average Bonchev–Trinajstić information content (AvgIpc) is 0. The zero-order chi connectivity index (χ0) is 0. The Hall–Kier alpha value is 5.29. The molecule has 6 nitrogen and oxygen atoms in total. The van der Waals surface area contributed by atoms with Crippen LogP contribution in [-0.2, 0) is 19.5 Å². The van der Waals surface area contributed by atoms with Gasteiger partial charge in [0.1, 0.15) is 0 Å². The Morgan fingerprint density at radius 1 is 0.300 bits per heavy atom. The minimum Gasteiger partial charge on any atom is -0.412 e. The molecule has 0 bridgehead atoms. The zero-order valence-electron chi connectivity index (χ0n) is 6.33. The van der Waals surface area contributed by atoms with Crippen molar-refractivity contribution in [1.29, 1.82) is 0 Å². The van der Waals surface area contributed by atoms with Gasteiger partial charge in [-0.3, -0.25) is 0 Å². The minimum absolute atomic E-state index is 0. The van der Waals surface area contributed by atoms with Crippen LogP contribution >= 0.6 is 0 Å². The smallest absolute Gasteiger partial charge is 0 e. The minimum atomic E-state index is 0. The van der Waals surface area contributed by atoms with E-state index in [1.165, 1.54) is 0 Å². The van der Waals surface area contributed by atoms with E-state index in [1.54, 1.807) is 0 Å². The molecule has 0 aromatic heterocycles. The predicted molar refractivity (Wildman–Crippen MR) is 38.9 cm³/mol. The first-order valence-corrected chi connectivity index (χ1v) is 0. The zero-order valence-corrected chi connectivity index (χ0v) is 17.3. The maximum absolute atomic E-state index is 0. The summed E-state index contributed by atoms with van der Waals surface area (Å²) in [7, 11) is 0. The molecule has 10 heteroatoms. The predicted octanol–water partition coefficient (Wildman–Crippen LogP) is -6.09. The molecule has 0 aliphatic rings. The molecular formula is H12K3O6Rh. The summed E-state index contributed by atoms with van der Waals surface area (Å²) < 4.78 is 0. The summed E-state index contributed by atoms with van der Waals surface area (Å²) >= 11 is 0. The second-order valence-electron chi connectivity index (χ2n) is 0. The fourth-order valence-electron chi connectivity index (χ4n) is 0. The number of rotatable bonds is 0. The van der Waals surface area contributed by atoms with Gasteiger partial charge in [0.25, 0.3) is 0 Å². The second-order valence-corrected chi connectivity index (χ2v) is 0. The Balaban J connectivity index is 0. The van der Waals surface area contributed by atoms with Crippen molar-refractivity contribution in [1.82, 2.24) is 0 Å². The monoisotopic (exact) mass is 328 g/mol. The van der Waals surface area contributed by atoms with Crippen LogP contribution in [0.25, 0.3) is 0 Å². The maximum atomic E-state index is 0. The summed E-state index contributed by atoms with van der Waals surface area (Å²) in [5.74, 6) is 0. The molecule has 12 N–H and O–H groups in total. The third-order valence-corrected chi connectivity index (χ3v) is 0. The summed E-state index contributed by atoms with van der Waals surface area (Å²) in [5.41, 5.74) is 0. The Labute approximate surface area is 200 Å². The molecule has 0 saturated carbocycles. The van der Waals surface area contributed by atoms with Crippen LogP contribution in [0.4, 0.5) is 0 Å². The maximum Gasteiger partial charge on any atom is 0 e. The van der Waals surface area contributed by atoms with Gasteiger partial charge in [0.2, 0.25) is 0 Å². The number of hydrogen-bond donors (Lipinski definition) is 0. The molecule has 0 unspecified atom stereocenters. The van der Waals surface area contributed by atoms with Crippen LogP contribution < -0.4 is 0 Å². The van der Waals surface area contributed by atoms with E-state index in [-0.39, 0.29) is 206 Å². The van der Waals surface area contributed by atoms with E-state index in [0.717, 1.165) is 0 Å². The van der Waals surface area contributed by atoms with Crippen LogP contribution in [-0.4, -0.2) is 187 Å². The van der Waals surface area contributed by atoms with Crippen molar-refractivity contribution in [2.75, 3.05) is 0 Å². The van der Waals surface area contributed by atoms with Gasteiger partial charge in [-0.1, -0.05) is 0 Å². The summed E-state index contributed by atoms with van der Waals surface area (Å²) in [4.78, 5) is 0. The Morgan fingerprint density at radius 3 is 0.300 bits per heavy atom. The largest absolute Gasteiger partial charge is 0.412 e. The summed E-state index contributed by atoms with van der Waals surface area (Å²) in [5, 5.41) is 0. The van der Waals surface area contributed by atoms with Crippen LogP contribution in [0.5, 0.6) is 0 Å². The van der Waals surface area contributed by atoms with Crippen molar-refractivity contribution in [3.63, 3.8) is 0 Å². The SMILES string of the molecule is O.O.O.O.O.O.[K].[K].[K].[Rh]. The molecule has 0 aliphatic heterocycles. The Bertz CT molecular complexity index is 13.0. The molecule has 0 aromatic rings. The molecule has 0 rings (SSSR count). The van der Waals surface area contributed by atoms with Crippen molar-refractivity contribution in [2.24, 2.45) is 0 Å². The first-order chi connectivity index (χ1) is 0. The topological polar surface area (TPSA) is 189 Å². The third kappa shape index (κ3) is 71.7. The molecule has 0 aliphatic carbocycles. The molecule has 0 fully saturated rings. The summed E-state index contributed by atoms with van der Waals surface area (Å²) in [6, 6.07) is 0. The van der Waals surface area contributed by atoms with E-state index in [1.807, 2.05) is 0 Å². The molecule has 0 amide bonds. The van der Waals surface area contributed by atoms with E-state index >= 15 is 0 Å². The van der Waals surface area contributed by atoms with Gasteiger partial charge in [0.15, 0.2) is 0 Å². The second kappa shape index (κ2) is 90.2. The molecule has 10 heavy (non-hydrogen) atoms. The molecule has 4 radical (unpaired) electrons. The Kier molecular flexibility index (Phi) is 1010. The van der Waals surface area contributed by atoms with Crippen molar-refractivity contribution in [2.45, 2.75) is 0 Å². The van der Waals surface area contributed by atoms with Gasteiger partial charge >= 0.3 is 0 Å². The quantitative estimate of drug-likeness (QED) is 0.383. The van der Waals surface area contributed by atoms with E-state index in [2.05, 4.69) is 0 Å². The molecular weight excluding hydrogens is 316 g/mol. The van der Waals surface area contributed by atoms with Crippen LogP contribution in [0, 0.1) is 0 Å². The van der Waals surface area contributed by atoms with E-state index in [9.17, 15) is 0 Å². The Morgan fingerprint density at radius 2 is 0.300 bits per heavy atom. The molecule has 60 valence electrons. The summed E-state index contributed by atoms with van der Waals surface area (Å²) in [6.07, 6.45) is 0. The van der Waals surface area contributed by atoms with Gasteiger partial charge in [-0.2, -0.15) is 0 Å². The standard InChI is InChI=1S/3K.6H2O.Rh/h;;;6*1H2;. The van der Waals surface area contributed by atoms with Crippen LogP contribution in [0.3, 0.4) is 0 Å². The van der Waals surface area contributed by atoms with Crippen LogP contribution in [0.1, 0.15) is 0 Å². The first-order valence-electron chi connectivity index (χ1n) is 0. The fraction of sp³-hybridized carbons (Fsp3) is 0. The van der Waals surface area contributed by atoms with E-state index in [4.69, 9.17) is 0 Å². The molecule has 0 saturated heterocycles. The van der Waals surface area contributed by atoms with E-state index < -0.39 is 0 Å². The van der Waals surface area contributed by atoms with Gasteiger partial charge in [-0.25, -0.2) is 0 Å². The normalized spacial score (nSPS) is 0. The molecule has 0 atom stereocenters. The molecule has 0 heterocycles. The van der Waals surface area contributed by atoms with Crippen molar-refractivity contribution in [3.05, 3.63) is 0 Å². The van der Waals surface area contributed by atoms with Gasteiger partial charge < -0.3 is 32.9 Å². The fourth-order valence-corrected chi connectivity index (χ4v) is 0. The average molecular weight is 328 g/mol. The molecule has 0 aromatic carbocycles.